The summed E-state index contributed by atoms with van der Waals surface area (Å²) in [4.78, 5) is 32.2. The number of carbonyl (C=O) groups excluding carboxylic acids is 2. The summed E-state index contributed by atoms with van der Waals surface area (Å²) in [7, 11) is 0. The van der Waals surface area contributed by atoms with Crippen LogP contribution in [0.25, 0.3) is 0 Å². The second-order valence-electron chi connectivity index (χ2n) is 8.69. The molecule has 0 bridgehead atoms. The van der Waals surface area contributed by atoms with Crippen LogP contribution in [0.4, 0.5) is 18.0 Å². The summed E-state index contributed by atoms with van der Waals surface area (Å²) in [6.07, 6.45) is -2.43. The van der Waals surface area contributed by atoms with Crippen LogP contribution in [-0.2, 0) is 9.53 Å². The molecule has 0 unspecified atom stereocenters. The average molecular weight is 492 g/mol. The molecule has 0 aliphatic carbocycles. The molecule has 4 heterocycles. The Kier molecular flexibility index (Phi) is 6.13. The Hall–Kier alpha value is -3.54. The highest BCUT2D eigenvalue weighted by atomic mass is 19.4. The molecule has 2 atom stereocenters. The molecule has 3 amide bonds. The van der Waals surface area contributed by atoms with E-state index in [0.717, 1.165) is 17.7 Å². The smallest absolute Gasteiger partial charge is 0.439 e. The molecule has 12 heteroatoms. The maximum atomic E-state index is 12.9. The van der Waals surface area contributed by atoms with Gasteiger partial charge in [-0.1, -0.05) is 6.07 Å². The summed E-state index contributed by atoms with van der Waals surface area (Å²) >= 11 is 0. The van der Waals surface area contributed by atoms with Crippen LogP contribution in [0.1, 0.15) is 17.9 Å². The number of hydrogen-bond acceptors (Lipinski definition) is 6. The fourth-order valence-corrected chi connectivity index (χ4v) is 4.44. The van der Waals surface area contributed by atoms with E-state index in [4.69, 9.17) is 9.47 Å². The second-order valence-corrected chi connectivity index (χ2v) is 8.69. The van der Waals surface area contributed by atoms with Crippen LogP contribution in [0, 0.1) is 0 Å². The number of amides is 3. The van der Waals surface area contributed by atoms with Gasteiger partial charge in [-0.15, -0.1) is 13.2 Å². The number of aromatic nitrogens is 1. The van der Waals surface area contributed by atoms with Crippen LogP contribution in [0.15, 0.2) is 42.6 Å². The average Bonchev–Trinajstić information content (AvgIpc) is 2.79. The first-order chi connectivity index (χ1) is 16.7. The van der Waals surface area contributed by atoms with Crippen molar-refractivity contribution < 1.29 is 37.0 Å². The minimum absolute atomic E-state index is 0.0427. The van der Waals surface area contributed by atoms with Gasteiger partial charge in [0.1, 0.15) is 18.1 Å². The predicted molar refractivity (Wildman–Crippen MR) is 115 cm³/mol. The van der Waals surface area contributed by atoms with E-state index in [9.17, 15) is 22.8 Å². The van der Waals surface area contributed by atoms with Gasteiger partial charge in [-0.3, -0.25) is 4.79 Å². The number of pyridine rings is 1. The molecule has 0 spiro atoms. The van der Waals surface area contributed by atoms with Gasteiger partial charge in [0.25, 0.3) is 0 Å². The number of hydrogen-bond donors (Lipinski definition) is 1. The summed E-state index contributed by atoms with van der Waals surface area (Å²) in [6.45, 7) is 2.23. The Morgan fingerprint density at radius 1 is 1.06 bits per heavy atom. The Morgan fingerprint density at radius 2 is 1.80 bits per heavy atom. The fraction of sp³-hybridized carbons (Fsp3) is 0.435. The second kappa shape index (κ2) is 9.25. The molecule has 35 heavy (non-hydrogen) atoms. The number of likely N-dealkylation sites (tertiary alicyclic amines) is 2. The number of urea groups is 1. The molecule has 3 fully saturated rings. The molecule has 186 valence electrons. The number of piperidine rings is 1. The van der Waals surface area contributed by atoms with Crippen molar-refractivity contribution in [2.75, 3.05) is 32.8 Å². The Bertz CT molecular complexity index is 1070. The van der Waals surface area contributed by atoms with Gasteiger partial charge in [0.05, 0.1) is 12.1 Å². The van der Waals surface area contributed by atoms with Crippen LogP contribution >= 0.6 is 0 Å². The van der Waals surface area contributed by atoms with Crippen molar-refractivity contribution in [1.29, 1.82) is 0 Å². The molecule has 3 saturated heterocycles. The summed E-state index contributed by atoms with van der Waals surface area (Å²) in [6, 6.07) is 8.36. The van der Waals surface area contributed by atoms with E-state index in [1.165, 1.54) is 12.1 Å². The van der Waals surface area contributed by atoms with Crippen LogP contribution in [0.2, 0.25) is 0 Å². The number of nitrogens with zero attached hydrogens (tertiary/aromatic N) is 3. The maximum Gasteiger partial charge on any atom is 0.573 e. The van der Waals surface area contributed by atoms with Crippen molar-refractivity contribution in [2.24, 2.45) is 0 Å². The van der Waals surface area contributed by atoms with Crippen molar-refractivity contribution in [2.45, 2.75) is 30.8 Å². The van der Waals surface area contributed by atoms with Gasteiger partial charge in [0, 0.05) is 44.4 Å². The molecule has 2 aromatic rings. The van der Waals surface area contributed by atoms with Crippen molar-refractivity contribution in [3.05, 3.63) is 48.2 Å². The number of nitrogens with one attached hydrogen (secondary N) is 1. The quantitative estimate of drug-likeness (QED) is 0.706. The predicted octanol–water partition coefficient (Wildman–Crippen LogP) is 2.88. The van der Waals surface area contributed by atoms with Gasteiger partial charge in [-0.25, -0.2) is 9.78 Å². The molecular formula is C23H23F3N4O5. The van der Waals surface area contributed by atoms with Crippen LogP contribution in [0.5, 0.6) is 17.4 Å². The van der Waals surface area contributed by atoms with Crippen molar-refractivity contribution in [1.82, 2.24) is 20.1 Å². The van der Waals surface area contributed by atoms with Gasteiger partial charge in [-0.2, -0.15) is 0 Å². The number of fused-ring (bicyclic) bond motifs is 1. The zero-order chi connectivity index (χ0) is 24.6. The van der Waals surface area contributed by atoms with E-state index in [1.54, 1.807) is 22.1 Å². The number of ether oxygens (including phenoxy) is 3. The molecule has 9 nitrogen and oxygen atoms in total. The highest BCUT2D eigenvalue weighted by molar-refractivity contribution is 5.79. The summed E-state index contributed by atoms with van der Waals surface area (Å²) in [5.41, 5.74) is 0.960. The lowest BCUT2D eigenvalue weighted by Crippen LogP contribution is -2.63. The standard InChI is InChI=1S/C23H23F3N4O5/c24-23(25,26)35-17-4-2-16(3-5-17)34-21-6-1-14(9-27-21)15-10-30(11-15)22(32)29-8-7-19-18(12-29)28-20(31)13-33-19/h1-6,9,15,18-19H,7-8,10-13H2,(H,28,31)/t18-,19+/m1/s1. The number of rotatable bonds is 4. The lowest BCUT2D eigenvalue weighted by molar-refractivity contribution is -0.274. The molecule has 5 rings (SSSR count). The lowest BCUT2D eigenvalue weighted by Gasteiger charge is -2.46. The first kappa shape index (κ1) is 23.2. The first-order valence-corrected chi connectivity index (χ1v) is 11.2. The molecule has 0 radical (unpaired) electrons. The summed E-state index contributed by atoms with van der Waals surface area (Å²) in [5.74, 6) is 0.276. The molecule has 0 saturated carbocycles. The molecule has 1 aromatic carbocycles. The van der Waals surface area contributed by atoms with Gasteiger partial charge >= 0.3 is 12.4 Å². The monoisotopic (exact) mass is 492 g/mol. The normalized spacial score (nSPS) is 22.7. The number of alkyl halides is 3. The van der Waals surface area contributed by atoms with Crippen LogP contribution < -0.4 is 14.8 Å². The fourth-order valence-electron chi connectivity index (χ4n) is 4.44. The Morgan fingerprint density at radius 3 is 2.49 bits per heavy atom. The molecule has 3 aliphatic heterocycles. The molecule has 3 aliphatic rings. The van der Waals surface area contributed by atoms with Crippen LogP contribution in [-0.4, -0.2) is 78.0 Å². The number of halogens is 3. The minimum Gasteiger partial charge on any atom is -0.439 e. The topological polar surface area (TPSA) is 93.2 Å². The lowest BCUT2D eigenvalue weighted by atomic mass is 9.93. The number of benzene rings is 1. The van der Waals surface area contributed by atoms with Crippen molar-refractivity contribution in [3.63, 3.8) is 0 Å². The minimum atomic E-state index is -4.75. The summed E-state index contributed by atoms with van der Waals surface area (Å²) in [5, 5.41) is 2.90. The van der Waals surface area contributed by atoms with E-state index in [2.05, 4.69) is 15.0 Å². The zero-order valence-corrected chi connectivity index (χ0v) is 18.5. The molecule has 1 aromatic heterocycles. The third-order valence-corrected chi connectivity index (χ3v) is 6.26. The van der Waals surface area contributed by atoms with Gasteiger partial charge in [0.2, 0.25) is 11.8 Å². The van der Waals surface area contributed by atoms with Gasteiger partial charge < -0.3 is 29.3 Å². The largest absolute Gasteiger partial charge is 0.573 e. The molecular weight excluding hydrogens is 469 g/mol. The van der Waals surface area contributed by atoms with E-state index in [-0.39, 0.29) is 42.4 Å². The Balaban J connectivity index is 1.10. The third-order valence-electron chi connectivity index (χ3n) is 6.26. The highest BCUT2D eigenvalue weighted by Crippen LogP contribution is 2.31. The first-order valence-electron chi connectivity index (χ1n) is 11.2. The SMILES string of the molecule is O=C1CO[C@H]2CCN(C(=O)N3CC(c4ccc(Oc5ccc(OC(F)(F)F)cc5)nc4)C3)C[C@H]2N1. The van der Waals surface area contributed by atoms with E-state index >= 15 is 0 Å². The van der Waals surface area contributed by atoms with Crippen molar-refractivity contribution in [3.8, 4) is 17.4 Å². The highest BCUT2D eigenvalue weighted by Gasteiger charge is 2.40. The zero-order valence-electron chi connectivity index (χ0n) is 18.5. The Labute approximate surface area is 198 Å². The van der Waals surface area contributed by atoms with E-state index < -0.39 is 6.36 Å². The number of morpholine rings is 1. The van der Waals surface area contributed by atoms with Gasteiger partial charge in [-0.05, 0) is 36.2 Å². The van der Waals surface area contributed by atoms with E-state index in [1.807, 2.05) is 6.07 Å². The van der Waals surface area contributed by atoms with Gasteiger partial charge in [0.15, 0.2) is 0 Å². The number of carbonyl (C=O) groups is 2. The summed E-state index contributed by atoms with van der Waals surface area (Å²) < 4.78 is 51.7. The third kappa shape index (κ3) is 5.42. The maximum absolute atomic E-state index is 12.9. The molecule has 1 N–H and O–H groups in total. The van der Waals surface area contributed by atoms with E-state index in [0.29, 0.717) is 44.2 Å². The van der Waals surface area contributed by atoms with Crippen LogP contribution in [0.3, 0.4) is 0 Å². The van der Waals surface area contributed by atoms with Crippen molar-refractivity contribution >= 4 is 11.9 Å².